The monoisotopic (exact) mass is 532 g/mol. The molecule has 3 aromatic heterocycles. The first kappa shape index (κ1) is 23.9. The highest BCUT2D eigenvalue weighted by Crippen LogP contribution is 2.43. The molecule has 4 heterocycles. The highest BCUT2D eigenvalue weighted by molar-refractivity contribution is 7.22. The zero-order valence-electron chi connectivity index (χ0n) is 20.6. The first-order chi connectivity index (χ1) is 18.3. The van der Waals surface area contributed by atoms with Crippen molar-refractivity contribution < 1.29 is 23.4 Å². The Bertz CT molecular complexity index is 1760. The van der Waals surface area contributed by atoms with Gasteiger partial charge < -0.3 is 19.9 Å². The summed E-state index contributed by atoms with van der Waals surface area (Å²) >= 11 is 1.45. The molecular formula is C26H21FN6O4S. The molecule has 1 aliphatic heterocycles. The molecule has 0 spiro atoms. The maximum atomic E-state index is 15.2. The average molecular weight is 533 g/mol. The van der Waals surface area contributed by atoms with Crippen molar-refractivity contribution in [3.05, 3.63) is 59.1 Å². The highest BCUT2D eigenvalue weighted by atomic mass is 32.1. The van der Waals surface area contributed by atoms with Crippen LogP contribution < -0.4 is 19.9 Å². The molecule has 0 saturated heterocycles. The largest absolute Gasteiger partial charge is 0.486 e. The molecule has 6 rings (SSSR count). The number of rotatable bonds is 5. The molecule has 0 fully saturated rings. The van der Waals surface area contributed by atoms with E-state index in [1.807, 2.05) is 19.1 Å². The second-order valence-corrected chi connectivity index (χ2v) is 9.92. The molecule has 0 unspecified atom stereocenters. The van der Waals surface area contributed by atoms with Crippen LogP contribution in [0, 0.1) is 19.7 Å². The number of fused-ring (bicyclic) bond motifs is 4. The topological polar surface area (TPSA) is 135 Å². The third-order valence-electron chi connectivity index (χ3n) is 6.19. The normalized spacial score (nSPS) is 14.5. The Kier molecular flexibility index (Phi) is 5.75. The molecule has 2 aromatic carbocycles. The summed E-state index contributed by atoms with van der Waals surface area (Å²) in [7, 11) is 1.54. The van der Waals surface area contributed by atoms with E-state index in [1.54, 1.807) is 20.2 Å². The van der Waals surface area contributed by atoms with Gasteiger partial charge >= 0.3 is 6.09 Å². The number of nitrogens with two attached hydrogens (primary N) is 1. The molecule has 0 saturated carbocycles. The van der Waals surface area contributed by atoms with Crippen molar-refractivity contribution in [3.63, 3.8) is 0 Å². The van der Waals surface area contributed by atoms with E-state index in [9.17, 15) is 4.79 Å². The number of aryl methyl sites for hydroxylation is 2. The van der Waals surface area contributed by atoms with Crippen molar-refractivity contribution in [2.24, 2.45) is 5.73 Å². The first-order valence-electron chi connectivity index (χ1n) is 11.7. The Balaban J connectivity index is 1.38. The van der Waals surface area contributed by atoms with Crippen LogP contribution in [-0.2, 0) is 12.8 Å². The minimum atomic E-state index is -0.967. The Morgan fingerprint density at radius 1 is 1.16 bits per heavy atom. The van der Waals surface area contributed by atoms with E-state index in [0.717, 1.165) is 21.4 Å². The lowest BCUT2D eigenvalue weighted by Crippen LogP contribution is -2.21. The standard InChI is InChI=1S/C26H21FN6O4S/c1-11-4-14(22-18(5-11)32-21(35-3)10-30-22)25-33-19-8-16(27)23-15(24(19)38-25)6-13(36-23)7-17-20(37-26(28)34)9-29-12(2)31-17/h4-5,8-10,13H,6-7H2,1-3H3,(H2,28,34)/t13-/m0/s1. The number of methoxy groups -OCH3 is 1. The van der Waals surface area contributed by atoms with Crippen molar-refractivity contribution in [1.82, 2.24) is 24.9 Å². The number of halogens is 1. The van der Waals surface area contributed by atoms with Crippen LogP contribution in [0.5, 0.6) is 17.4 Å². The van der Waals surface area contributed by atoms with Crippen LogP contribution in [0.1, 0.15) is 22.6 Å². The summed E-state index contributed by atoms with van der Waals surface area (Å²) < 4.78 is 32.3. The molecule has 38 heavy (non-hydrogen) atoms. The number of primary amides is 1. The van der Waals surface area contributed by atoms with Gasteiger partial charge in [-0.2, -0.15) is 0 Å². The molecule has 0 aliphatic carbocycles. The maximum Gasteiger partial charge on any atom is 0.410 e. The second-order valence-electron chi connectivity index (χ2n) is 8.92. The number of nitrogens with zero attached hydrogens (tertiary/aromatic N) is 5. The molecule has 192 valence electrons. The number of carbonyl (C=O) groups is 1. The fourth-order valence-corrected chi connectivity index (χ4v) is 5.74. The van der Waals surface area contributed by atoms with Crippen LogP contribution >= 0.6 is 11.3 Å². The Hall–Kier alpha value is -4.45. The van der Waals surface area contributed by atoms with Gasteiger partial charge in [0.1, 0.15) is 16.9 Å². The van der Waals surface area contributed by atoms with Gasteiger partial charge in [0, 0.05) is 30.0 Å². The van der Waals surface area contributed by atoms with Gasteiger partial charge in [0.05, 0.1) is 46.4 Å². The first-order valence-corrected chi connectivity index (χ1v) is 12.5. The third kappa shape index (κ3) is 4.22. The summed E-state index contributed by atoms with van der Waals surface area (Å²) in [4.78, 5) is 33.6. The van der Waals surface area contributed by atoms with Gasteiger partial charge in [-0.15, -0.1) is 11.3 Å². The molecule has 0 bridgehead atoms. The fraction of sp³-hybridized carbons (Fsp3) is 0.231. The molecule has 1 amide bonds. The molecule has 0 radical (unpaired) electrons. The summed E-state index contributed by atoms with van der Waals surface area (Å²) in [5.74, 6) is 0.777. The SMILES string of the molecule is COc1cnc2c(-c3nc4cc(F)c5c(c4s3)C[C@@H](Cc3nc(C)ncc3OC(N)=O)O5)cc(C)cc2n1. The number of aromatic nitrogens is 5. The van der Waals surface area contributed by atoms with Gasteiger partial charge in [-0.3, -0.25) is 0 Å². The van der Waals surface area contributed by atoms with Gasteiger partial charge in [0.15, 0.2) is 17.3 Å². The highest BCUT2D eigenvalue weighted by Gasteiger charge is 2.31. The summed E-state index contributed by atoms with van der Waals surface area (Å²) in [6.07, 6.45) is 2.26. The molecular weight excluding hydrogens is 511 g/mol. The summed E-state index contributed by atoms with van der Waals surface area (Å²) in [6.45, 7) is 3.69. The summed E-state index contributed by atoms with van der Waals surface area (Å²) in [5.41, 5.74) is 10.1. The number of amides is 1. The van der Waals surface area contributed by atoms with E-state index in [0.29, 0.717) is 45.4 Å². The minimum absolute atomic E-state index is 0.150. The van der Waals surface area contributed by atoms with Crippen molar-refractivity contribution >= 4 is 38.7 Å². The zero-order chi connectivity index (χ0) is 26.6. The van der Waals surface area contributed by atoms with E-state index in [2.05, 4.69) is 19.9 Å². The molecule has 12 heteroatoms. The molecule has 1 atom stereocenters. The van der Waals surface area contributed by atoms with Gasteiger partial charge in [0.25, 0.3) is 0 Å². The number of carbonyl (C=O) groups excluding carboxylic acids is 1. The molecule has 5 aromatic rings. The smallest absolute Gasteiger partial charge is 0.410 e. The Labute approximate surface area is 219 Å². The second kappa shape index (κ2) is 9.14. The number of thiazole rings is 1. The minimum Gasteiger partial charge on any atom is -0.486 e. The molecule has 10 nitrogen and oxygen atoms in total. The number of hydrogen-bond donors (Lipinski definition) is 1. The Morgan fingerprint density at radius 3 is 2.79 bits per heavy atom. The quantitative estimate of drug-likeness (QED) is 0.348. The average Bonchev–Trinajstić information content (AvgIpc) is 3.49. The van der Waals surface area contributed by atoms with Gasteiger partial charge in [-0.25, -0.2) is 34.1 Å². The van der Waals surface area contributed by atoms with E-state index < -0.39 is 18.0 Å². The van der Waals surface area contributed by atoms with E-state index in [1.165, 1.54) is 23.6 Å². The van der Waals surface area contributed by atoms with Crippen LogP contribution in [-0.4, -0.2) is 44.2 Å². The summed E-state index contributed by atoms with van der Waals surface area (Å²) in [5, 5.41) is 0.702. The van der Waals surface area contributed by atoms with Crippen molar-refractivity contribution in [3.8, 4) is 28.0 Å². The number of hydrogen-bond acceptors (Lipinski definition) is 10. The molecule has 2 N–H and O–H groups in total. The van der Waals surface area contributed by atoms with E-state index in [4.69, 9.17) is 24.9 Å². The predicted molar refractivity (Wildman–Crippen MR) is 138 cm³/mol. The predicted octanol–water partition coefficient (Wildman–Crippen LogP) is 4.46. The lowest BCUT2D eigenvalue weighted by molar-refractivity contribution is 0.206. The van der Waals surface area contributed by atoms with Crippen LogP contribution in [0.3, 0.4) is 0 Å². The fourth-order valence-electron chi connectivity index (χ4n) is 4.63. The molecule has 1 aliphatic rings. The van der Waals surface area contributed by atoms with Crippen LogP contribution in [0.4, 0.5) is 9.18 Å². The number of benzene rings is 2. The van der Waals surface area contributed by atoms with Crippen molar-refractivity contribution in [1.29, 1.82) is 0 Å². The van der Waals surface area contributed by atoms with Crippen LogP contribution in [0.25, 0.3) is 31.8 Å². The summed E-state index contributed by atoms with van der Waals surface area (Å²) in [6, 6.07) is 5.32. The van der Waals surface area contributed by atoms with E-state index >= 15 is 4.39 Å². The zero-order valence-corrected chi connectivity index (χ0v) is 21.4. The van der Waals surface area contributed by atoms with Crippen molar-refractivity contribution in [2.45, 2.75) is 32.8 Å². The van der Waals surface area contributed by atoms with Crippen LogP contribution in [0.15, 0.2) is 30.6 Å². The van der Waals surface area contributed by atoms with Gasteiger partial charge in [-0.05, 0) is 31.5 Å². The van der Waals surface area contributed by atoms with Gasteiger partial charge in [-0.1, -0.05) is 0 Å². The van der Waals surface area contributed by atoms with Crippen molar-refractivity contribution in [2.75, 3.05) is 7.11 Å². The maximum absolute atomic E-state index is 15.2. The Morgan fingerprint density at radius 2 is 2.00 bits per heavy atom. The van der Waals surface area contributed by atoms with E-state index in [-0.39, 0.29) is 17.9 Å². The number of ether oxygens (including phenoxy) is 3. The van der Waals surface area contributed by atoms with Gasteiger partial charge in [0.2, 0.25) is 5.88 Å². The third-order valence-corrected chi connectivity index (χ3v) is 7.35. The van der Waals surface area contributed by atoms with Crippen LogP contribution in [0.2, 0.25) is 0 Å². The lowest BCUT2D eigenvalue weighted by Gasteiger charge is -2.13. The lowest BCUT2D eigenvalue weighted by atomic mass is 10.1.